The van der Waals surface area contributed by atoms with Crippen LogP contribution < -0.4 is 9.64 Å². The first-order valence-corrected chi connectivity index (χ1v) is 9.19. The number of nitrogens with zero attached hydrogens (tertiary/aromatic N) is 4. The standard InChI is InChI=1S/C17H18N4O3S/c22-14(20-8-2-1-4-12(20)17-19-7-9-25-17)10-21-15(23)11-24-13-5-3-6-18-16(13)21/h3,5-7,9,12H,1-2,4,8,10-11H2/t12-/m0/s1. The summed E-state index contributed by atoms with van der Waals surface area (Å²) in [5.41, 5.74) is 0. The molecule has 1 saturated heterocycles. The Bertz CT molecular complexity index is 780. The zero-order chi connectivity index (χ0) is 17.2. The van der Waals surface area contributed by atoms with E-state index in [9.17, 15) is 9.59 Å². The number of piperidine rings is 1. The van der Waals surface area contributed by atoms with Gasteiger partial charge >= 0.3 is 0 Å². The molecule has 0 bridgehead atoms. The molecule has 4 heterocycles. The molecule has 4 rings (SSSR count). The molecule has 2 aromatic heterocycles. The van der Waals surface area contributed by atoms with Gasteiger partial charge in [0, 0.05) is 24.3 Å². The molecule has 2 aliphatic rings. The molecule has 1 atom stereocenters. The third-order valence-electron chi connectivity index (χ3n) is 4.51. The summed E-state index contributed by atoms with van der Waals surface area (Å²) < 4.78 is 5.39. The second-order valence-electron chi connectivity index (χ2n) is 6.06. The molecule has 0 aromatic carbocycles. The number of anilines is 1. The molecule has 0 spiro atoms. The van der Waals surface area contributed by atoms with Crippen LogP contribution in [0.2, 0.25) is 0 Å². The van der Waals surface area contributed by atoms with Crippen molar-refractivity contribution in [2.75, 3.05) is 24.6 Å². The van der Waals surface area contributed by atoms with Gasteiger partial charge < -0.3 is 9.64 Å². The number of carbonyl (C=O) groups is 2. The van der Waals surface area contributed by atoms with Gasteiger partial charge in [-0.2, -0.15) is 0 Å². The van der Waals surface area contributed by atoms with E-state index in [0.717, 1.165) is 24.3 Å². The number of amides is 2. The molecular formula is C17H18N4O3S. The van der Waals surface area contributed by atoms with Gasteiger partial charge in [0.05, 0.1) is 6.04 Å². The van der Waals surface area contributed by atoms with Gasteiger partial charge in [0.1, 0.15) is 11.6 Å². The summed E-state index contributed by atoms with van der Waals surface area (Å²) in [6.07, 6.45) is 6.32. The summed E-state index contributed by atoms with van der Waals surface area (Å²) in [6.45, 7) is 0.604. The Labute approximate surface area is 149 Å². The maximum Gasteiger partial charge on any atom is 0.266 e. The second-order valence-corrected chi connectivity index (χ2v) is 6.99. The van der Waals surface area contributed by atoms with Crippen LogP contribution in [-0.2, 0) is 9.59 Å². The molecule has 0 unspecified atom stereocenters. The third kappa shape index (κ3) is 3.09. The van der Waals surface area contributed by atoms with Crippen molar-refractivity contribution in [3.05, 3.63) is 34.9 Å². The number of thiazole rings is 1. The van der Waals surface area contributed by atoms with Crippen LogP contribution in [0.5, 0.6) is 5.75 Å². The lowest BCUT2D eigenvalue weighted by Crippen LogP contribution is -2.48. The van der Waals surface area contributed by atoms with E-state index in [1.165, 1.54) is 4.90 Å². The van der Waals surface area contributed by atoms with Gasteiger partial charge in [-0.15, -0.1) is 11.3 Å². The molecule has 2 aliphatic heterocycles. The average Bonchev–Trinajstić information content (AvgIpc) is 3.18. The van der Waals surface area contributed by atoms with Gasteiger partial charge in [-0.1, -0.05) is 0 Å². The number of pyridine rings is 1. The molecule has 1 fully saturated rings. The molecule has 130 valence electrons. The maximum absolute atomic E-state index is 13.0. The van der Waals surface area contributed by atoms with Gasteiger partial charge in [0.2, 0.25) is 5.91 Å². The number of carbonyl (C=O) groups excluding carboxylic acids is 2. The average molecular weight is 358 g/mol. The molecule has 7 nitrogen and oxygen atoms in total. The first-order chi connectivity index (χ1) is 12.2. The van der Waals surface area contributed by atoms with E-state index in [2.05, 4.69) is 9.97 Å². The van der Waals surface area contributed by atoms with Crippen LogP contribution in [0.3, 0.4) is 0 Å². The van der Waals surface area contributed by atoms with Crippen LogP contribution in [0.25, 0.3) is 0 Å². The molecule has 2 amide bonds. The van der Waals surface area contributed by atoms with E-state index in [1.807, 2.05) is 10.3 Å². The van der Waals surface area contributed by atoms with E-state index in [-0.39, 0.29) is 31.0 Å². The van der Waals surface area contributed by atoms with Crippen LogP contribution in [-0.4, -0.2) is 46.4 Å². The van der Waals surface area contributed by atoms with Gasteiger partial charge in [-0.3, -0.25) is 14.5 Å². The van der Waals surface area contributed by atoms with Crippen molar-refractivity contribution < 1.29 is 14.3 Å². The quantitative estimate of drug-likeness (QED) is 0.839. The van der Waals surface area contributed by atoms with Crippen molar-refractivity contribution in [2.45, 2.75) is 25.3 Å². The minimum Gasteiger partial charge on any atom is -0.480 e. The Morgan fingerprint density at radius 3 is 3.08 bits per heavy atom. The summed E-state index contributed by atoms with van der Waals surface area (Å²) in [5.74, 6) is 0.619. The molecule has 2 aromatic rings. The number of ether oxygens (including phenoxy) is 1. The molecule has 0 N–H and O–H groups in total. The second kappa shape index (κ2) is 6.79. The van der Waals surface area contributed by atoms with Gasteiger partial charge in [-0.25, -0.2) is 9.97 Å². The predicted octanol–water partition coefficient (Wildman–Crippen LogP) is 2.02. The SMILES string of the molecule is O=C1COc2cccnc2N1CC(=O)N1CCCC[C@H]1c1nccs1. The fourth-order valence-corrected chi connectivity index (χ4v) is 4.09. The largest absolute Gasteiger partial charge is 0.480 e. The number of likely N-dealkylation sites (tertiary alicyclic amines) is 1. The summed E-state index contributed by atoms with van der Waals surface area (Å²) in [6, 6.07) is 3.50. The Morgan fingerprint density at radius 1 is 1.32 bits per heavy atom. The number of rotatable bonds is 3. The predicted molar refractivity (Wildman–Crippen MR) is 92.5 cm³/mol. The Hall–Kier alpha value is -2.48. The van der Waals surface area contributed by atoms with E-state index >= 15 is 0 Å². The van der Waals surface area contributed by atoms with Crippen molar-refractivity contribution in [3.8, 4) is 5.75 Å². The summed E-state index contributed by atoms with van der Waals surface area (Å²) in [5, 5.41) is 2.89. The normalized spacial score (nSPS) is 20.2. The van der Waals surface area contributed by atoms with Gasteiger partial charge in [0.15, 0.2) is 18.2 Å². The highest BCUT2D eigenvalue weighted by Gasteiger charge is 2.34. The topological polar surface area (TPSA) is 75.6 Å². The van der Waals surface area contributed by atoms with Crippen LogP contribution in [0.1, 0.15) is 30.3 Å². The summed E-state index contributed by atoms with van der Waals surface area (Å²) >= 11 is 1.57. The van der Waals surface area contributed by atoms with Gasteiger partial charge in [-0.05, 0) is 31.4 Å². The lowest BCUT2D eigenvalue weighted by molar-refractivity contribution is -0.135. The lowest BCUT2D eigenvalue weighted by atomic mass is 10.0. The van der Waals surface area contributed by atoms with Crippen molar-refractivity contribution in [1.29, 1.82) is 0 Å². The van der Waals surface area contributed by atoms with E-state index < -0.39 is 0 Å². The molecule has 8 heteroatoms. The molecule has 0 saturated carbocycles. The van der Waals surface area contributed by atoms with Crippen molar-refractivity contribution in [2.24, 2.45) is 0 Å². The van der Waals surface area contributed by atoms with E-state index in [1.54, 1.807) is 35.9 Å². The van der Waals surface area contributed by atoms with Crippen LogP contribution in [0.15, 0.2) is 29.9 Å². The fraction of sp³-hybridized carbons (Fsp3) is 0.412. The molecule has 25 heavy (non-hydrogen) atoms. The van der Waals surface area contributed by atoms with Crippen LogP contribution >= 0.6 is 11.3 Å². The van der Waals surface area contributed by atoms with Crippen LogP contribution in [0, 0.1) is 0 Å². The third-order valence-corrected chi connectivity index (χ3v) is 5.39. The Kier molecular flexibility index (Phi) is 4.35. The number of hydrogen-bond acceptors (Lipinski definition) is 6. The van der Waals surface area contributed by atoms with E-state index in [4.69, 9.17) is 4.74 Å². The first-order valence-electron chi connectivity index (χ1n) is 8.31. The maximum atomic E-state index is 13.0. The lowest BCUT2D eigenvalue weighted by Gasteiger charge is -2.36. The highest BCUT2D eigenvalue weighted by molar-refractivity contribution is 7.09. The summed E-state index contributed by atoms with van der Waals surface area (Å²) in [7, 11) is 0. The fourth-order valence-electron chi connectivity index (χ4n) is 3.31. The minimum atomic E-state index is -0.248. The number of hydrogen-bond donors (Lipinski definition) is 0. The zero-order valence-corrected chi connectivity index (χ0v) is 14.4. The first kappa shape index (κ1) is 16.0. The number of fused-ring (bicyclic) bond motifs is 1. The molecule has 0 aliphatic carbocycles. The van der Waals surface area contributed by atoms with Crippen LogP contribution in [0.4, 0.5) is 5.82 Å². The Balaban J connectivity index is 1.56. The highest BCUT2D eigenvalue weighted by atomic mass is 32.1. The van der Waals surface area contributed by atoms with Crippen molar-refractivity contribution in [3.63, 3.8) is 0 Å². The summed E-state index contributed by atoms with van der Waals surface area (Å²) in [4.78, 5) is 37.1. The Morgan fingerprint density at radius 2 is 2.24 bits per heavy atom. The smallest absolute Gasteiger partial charge is 0.266 e. The van der Waals surface area contributed by atoms with Crippen molar-refractivity contribution >= 4 is 29.0 Å². The zero-order valence-electron chi connectivity index (χ0n) is 13.6. The highest BCUT2D eigenvalue weighted by Crippen LogP contribution is 2.33. The minimum absolute atomic E-state index is 0.000551. The monoisotopic (exact) mass is 358 g/mol. The van der Waals surface area contributed by atoms with Crippen molar-refractivity contribution in [1.82, 2.24) is 14.9 Å². The number of aromatic nitrogens is 2. The molecular weight excluding hydrogens is 340 g/mol. The molecule has 0 radical (unpaired) electrons. The van der Waals surface area contributed by atoms with Gasteiger partial charge in [0.25, 0.3) is 5.91 Å². The van der Waals surface area contributed by atoms with E-state index in [0.29, 0.717) is 18.1 Å².